The van der Waals surface area contributed by atoms with Gasteiger partial charge in [-0.15, -0.1) is 0 Å². The van der Waals surface area contributed by atoms with Crippen LogP contribution in [0.5, 0.6) is 5.75 Å². The van der Waals surface area contributed by atoms with Crippen molar-refractivity contribution >= 4 is 0 Å². The number of aryl methyl sites for hydroxylation is 1. The van der Waals surface area contributed by atoms with Gasteiger partial charge in [0.25, 0.3) is 0 Å². The lowest BCUT2D eigenvalue weighted by Gasteiger charge is -2.28. The van der Waals surface area contributed by atoms with Crippen LogP contribution in [0.2, 0.25) is 0 Å². The Morgan fingerprint density at radius 3 is 2.47 bits per heavy atom. The number of aromatic hydroxyl groups is 1. The topological polar surface area (TPSA) is 58.3 Å². The third kappa shape index (κ3) is 1.74. The smallest absolute Gasteiger partial charge is 0.159 e. The standard InChI is InChI=1S/C11H18N2O2/c1-7-11(15)8(2)13(12-7)9-5-3-4-6-10(9)14/h9-10,14-15H,3-6H2,1-2H3. The predicted molar refractivity (Wildman–Crippen MR) is 56.9 cm³/mol. The van der Waals surface area contributed by atoms with Gasteiger partial charge in [-0.25, -0.2) is 0 Å². The van der Waals surface area contributed by atoms with Gasteiger partial charge in [0.2, 0.25) is 0 Å². The van der Waals surface area contributed by atoms with E-state index in [1.807, 2.05) is 6.92 Å². The van der Waals surface area contributed by atoms with E-state index in [0.717, 1.165) is 31.4 Å². The Hall–Kier alpha value is -1.03. The van der Waals surface area contributed by atoms with Crippen LogP contribution >= 0.6 is 0 Å². The summed E-state index contributed by atoms with van der Waals surface area (Å²) in [5, 5.41) is 23.9. The molecule has 2 atom stereocenters. The van der Waals surface area contributed by atoms with E-state index in [0.29, 0.717) is 5.69 Å². The first-order chi connectivity index (χ1) is 7.11. The van der Waals surface area contributed by atoms with Crippen LogP contribution in [0.1, 0.15) is 43.1 Å². The molecule has 0 spiro atoms. The summed E-state index contributed by atoms with van der Waals surface area (Å²) in [7, 11) is 0. The van der Waals surface area contributed by atoms with Crippen molar-refractivity contribution < 1.29 is 10.2 Å². The van der Waals surface area contributed by atoms with Crippen LogP contribution in [0.25, 0.3) is 0 Å². The first-order valence-electron chi connectivity index (χ1n) is 5.54. The Balaban J connectivity index is 2.31. The molecule has 2 rings (SSSR count). The van der Waals surface area contributed by atoms with Crippen molar-refractivity contribution in [1.82, 2.24) is 9.78 Å². The van der Waals surface area contributed by atoms with Gasteiger partial charge >= 0.3 is 0 Å². The fourth-order valence-electron chi connectivity index (χ4n) is 2.35. The van der Waals surface area contributed by atoms with Gasteiger partial charge in [0.15, 0.2) is 5.75 Å². The molecule has 2 unspecified atom stereocenters. The molecule has 84 valence electrons. The molecule has 0 aliphatic heterocycles. The largest absolute Gasteiger partial charge is 0.504 e. The second kappa shape index (κ2) is 3.85. The van der Waals surface area contributed by atoms with Crippen LogP contribution in [-0.2, 0) is 0 Å². The third-order valence-electron chi connectivity index (χ3n) is 3.29. The van der Waals surface area contributed by atoms with Crippen molar-refractivity contribution in [2.75, 3.05) is 0 Å². The quantitative estimate of drug-likeness (QED) is 0.741. The zero-order valence-corrected chi connectivity index (χ0v) is 9.27. The monoisotopic (exact) mass is 210 g/mol. The molecule has 1 fully saturated rings. The lowest BCUT2D eigenvalue weighted by atomic mass is 9.92. The summed E-state index contributed by atoms with van der Waals surface area (Å²) in [4.78, 5) is 0. The van der Waals surface area contributed by atoms with Crippen LogP contribution < -0.4 is 0 Å². The minimum absolute atomic E-state index is 0.0401. The van der Waals surface area contributed by atoms with Crippen LogP contribution in [0.15, 0.2) is 0 Å². The molecule has 1 aliphatic rings. The van der Waals surface area contributed by atoms with Gasteiger partial charge in [-0.3, -0.25) is 4.68 Å². The molecule has 15 heavy (non-hydrogen) atoms. The molecular formula is C11H18N2O2. The molecule has 1 aromatic heterocycles. The molecule has 2 N–H and O–H groups in total. The van der Waals surface area contributed by atoms with E-state index in [9.17, 15) is 10.2 Å². The first kappa shape index (κ1) is 10.5. The van der Waals surface area contributed by atoms with Crippen molar-refractivity contribution in [3.05, 3.63) is 11.4 Å². The van der Waals surface area contributed by atoms with Crippen LogP contribution in [-0.4, -0.2) is 26.1 Å². The van der Waals surface area contributed by atoms with Gasteiger partial charge in [-0.2, -0.15) is 5.10 Å². The Labute approximate surface area is 89.5 Å². The Morgan fingerprint density at radius 2 is 1.93 bits per heavy atom. The maximum absolute atomic E-state index is 9.90. The maximum Gasteiger partial charge on any atom is 0.159 e. The number of aliphatic hydroxyl groups excluding tert-OH is 1. The summed E-state index contributed by atoms with van der Waals surface area (Å²) in [6.07, 6.45) is 3.67. The number of aliphatic hydroxyl groups is 1. The SMILES string of the molecule is Cc1nn(C2CCCCC2O)c(C)c1O. The molecule has 0 saturated heterocycles. The molecule has 0 radical (unpaired) electrons. The second-order valence-corrected chi connectivity index (χ2v) is 4.38. The van der Waals surface area contributed by atoms with Gasteiger partial charge in [-0.1, -0.05) is 12.8 Å². The average Bonchev–Trinajstić information content (AvgIpc) is 2.47. The van der Waals surface area contributed by atoms with Gasteiger partial charge in [0.1, 0.15) is 5.69 Å². The van der Waals surface area contributed by atoms with E-state index in [1.54, 1.807) is 11.6 Å². The highest BCUT2D eigenvalue weighted by Crippen LogP contribution is 2.32. The van der Waals surface area contributed by atoms with Gasteiger partial charge in [0, 0.05) is 0 Å². The van der Waals surface area contributed by atoms with Crippen LogP contribution in [0.4, 0.5) is 0 Å². The number of hydrogen-bond donors (Lipinski definition) is 2. The second-order valence-electron chi connectivity index (χ2n) is 4.38. The van der Waals surface area contributed by atoms with E-state index in [4.69, 9.17) is 0 Å². The third-order valence-corrected chi connectivity index (χ3v) is 3.29. The van der Waals surface area contributed by atoms with Crippen molar-refractivity contribution in [2.24, 2.45) is 0 Å². The molecule has 4 nitrogen and oxygen atoms in total. The fraction of sp³-hybridized carbons (Fsp3) is 0.727. The van der Waals surface area contributed by atoms with Crippen molar-refractivity contribution in [3.8, 4) is 5.75 Å². The summed E-state index contributed by atoms with van der Waals surface area (Å²) in [5.41, 5.74) is 1.41. The highest BCUT2D eigenvalue weighted by Gasteiger charge is 2.27. The molecular weight excluding hydrogens is 192 g/mol. The highest BCUT2D eigenvalue weighted by molar-refractivity contribution is 5.30. The van der Waals surface area contributed by atoms with E-state index in [-0.39, 0.29) is 17.9 Å². The summed E-state index contributed by atoms with van der Waals surface area (Å²) >= 11 is 0. The first-order valence-corrected chi connectivity index (χ1v) is 5.54. The summed E-state index contributed by atoms with van der Waals surface area (Å²) in [6, 6.07) is 0.0401. The number of rotatable bonds is 1. The lowest BCUT2D eigenvalue weighted by molar-refractivity contribution is 0.0681. The lowest BCUT2D eigenvalue weighted by Crippen LogP contribution is -2.29. The minimum atomic E-state index is -0.323. The molecule has 1 aromatic rings. The van der Waals surface area contributed by atoms with E-state index < -0.39 is 0 Å². The fourth-order valence-corrected chi connectivity index (χ4v) is 2.35. The van der Waals surface area contributed by atoms with Crippen molar-refractivity contribution in [3.63, 3.8) is 0 Å². The Bertz CT molecular complexity index is 360. The zero-order valence-electron chi connectivity index (χ0n) is 9.27. The minimum Gasteiger partial charge on any atom is -0.504 e. The molecule has 4 heteroatoms. The molecule has 1 saturated carbocycles. The van der Waals surface area contributed by atoms with Gasteiger partial charge in [-0.05, 0) is 26.7 Å². The van der Waals surface area contributed by atoms with Crippen LogP contribution in [0.3, 0.4) is 0 Å². The summed E-state index contributed by atoms with van der Waals surface area (Å²) in [6.45, 7) is 3.63. The molecule has 0 bridgehead atoms. The van der Waals surface area contributed by atoms with Gasteiger partial charge in [0.05, 0.1) is 17.8 Å². The molecule has 0 amide bonds. The number of hydrogen-bond acceptors (Lipinski definition) is 3. The van der Waals surface area contributed by atoms with Crippen molar-refractivity contribution in [1.29, 1.82) is 0 Å². The Morgan fingerprint density at radius 1 is 1.27 bits per heavy atom. The molecule has 1 heterocycles. The van der Waals surface area contributed by atoms with E-state index in [1.165, 1.54) is 0 Å². The molecule has 0 aromatic carbocycles. The normalized spacial score (nSPS) is 26.9. The summed E-state index contributed by atoms with van der Waals surface area (Å²) in [5.74, 6) is 0.257. The Kier molecular flexibility index (Phi) is 2.69. The predicted octanol–water partition coefficient (Wildman–Crippen LogP) is 1.68. The van der Waals surface area contributed by atoms with Gasteiger partial charge < -0.3 is 10.2 Å². The van der Waals surface area contributed by atoms with E-state index in [2.05, 4.69) is 5.10 Å². The van der Waals surface area contributed by atoms with Crippen molar-refractivity contribution in [2.45, 2.75) is 51.7 Å². The average molecular weight is 210 g/mol. The number of nitrogens with zero attached hydrogens (tertiary/aromatic N) is 2. The maximum atomic E-state index is 9.90. The van der Waals surface area contributed by atoms with Crippen LogP contribution in [0, 0.1) is 13.8 Å². The molecule has 1 aliphatic carbocycles. The summed E-state index contributed by atoms with van der Waals surface area (Å²) < 4.78 is 1.79. The zero-order chi connectivity index (χ0) is 11.0. The highest BCUT2D eigenvalue weighted by atomic mass is 16.3. The number of aromatic nitrogens is 2. The van der Waals surface area contributed by atoms with E-state index >= 15 is 0 Å².